The number of nitrogens with zero attached hydrogens (tertiary/aromatic N) is 2. The number of nitrogens with two attached hydrogens (primary N) is 1. The van der Waals surface area contributed by atoms with Crippen molar-refractivity contribution in [1.29, 1.82) is 0 Å². The Kier molecular flexibility index (Phi) is 3.27. The van der Waals surface area contributed by atoms with Crippen LogP contribution in [0.15, 0.2) is 36.5 Å². The minimum Gasteiger partial charge on any atom is -0.326 e. The molecule has 0 aliphatic rings. The van der Waals surface area contributed by atoms with E-state index >= 15 is 0 Å². The van der Waals surface area contributed by atoms with Crippen LogP contribution in [0.4, 0.5) is 0 Å². The van der Waals surface area contributed by atoms with Gasteiger partial charge in [0.2, 0.25) is 0 Å². The third-order valence-corrected chi connectivity index (χ3v) is 2.61. The molecule has 0 radical (unpaired) electrons. The first-order valence-electron chi connectivity index (χ1n) is 5.20. The third kappa shape index (κ3) is 2.26. The van der Waals surface area contributed by atoms with E-state index in [0.717, 1.165) is 11.4 Å². The largest absolute Gasteiger partial charge is 0.326 e. The quantitative estimate of drug-likeness (QED) is 0.889. The molecule has 0 aliphatic carbocycles. The highest BCUT2D eigenvalue weighted by Gasteiger charge is 2.11. The van der Waals surface area contributed by atoms with Crippen molar-refractivity contribution < 1.29 is 0 Å². The Bertz CT molecular complexity index is 462. The molecule has 4 heteroatoms. The summed E-state index contributed by atoms with van der Waals surface area (Å²) in [5.41, 5.74) is 6.84. The molecule has 0 amide bonds. The van der Waals surface area contributed by atoms with Gasteiger partial charge in [-0.05, 0) is 6.92 Å². The monoisotopic (exact) mass is 235 g/mol. The molecule has 1 heterocycles. The molecule has 1 aromatic carbocycles. The lowest BCUT2D eigenvalue weighted by Crippen LogP contribution is -2.22. The second kappa shape index (κ2) is 4.68. The summed E-state index contributed by atoms with van der Waals surface area (Å²) < 4.78 is 1.93. The predicted molar refractivity (Wildman–Crippen MR) is 66.3 cm³/mol. The van der Waals surface area contributed by atoms with E-state index in [4.69, 9.17) is 17.3 Å². The van der Waals surface area contributed by atoms with E-state index in [0.29, 0.717) is 11.7 Å². The summed E-state index contributed by atoms with van der Waals surface area (Å²) in [5, 5.41) is 0.621. The molecule has 0 saturated carbocycles. The molecule has 3 nitrogen and oxygen atoms in total. The Balaban J connectivity index is 2.42. The second-order valence-electron chi connectivity index (χ2n) is 3.86. The Morgan fingerprint density at radius 3 is 2.69 bits per heavy atom. The molecule has 0 bridgehead atoms. The van der Waals surface area contributed by atoms with Gasteiger partial charge < -0.3 is 10.3 Å². The number of benzene rings is 1. The van der Waals surface area contributed by atoms with Crippen LogP contribution < -0.4 is 5.73 Å². The molecule has 0 spiro atoms. The SMILES string of the molecule is CC(N)Cn1c(Cl)cnc1-c1ccccc1. The lowest BCUT2D eigenvalue weighted by Gasteiger charge is -2.11. The molecule has 2 N–H and O–H groups in total. The van der Waals surface area contributed by atoms with Crippen molar-refractivity contribution in [3.63, 3.8) is 0 Å². The number of rotatable bonds is 3. The molecule has 1 atom stereocenters. The summed E-state index contributed by atoms with van der Waals surface area (Å²) in [6.45, 7) is 2.62. The molecular formula is C12H14ClN3. The first-order chi connectivity index (χ1) is 7.68. The van der Waals surface area contributed by atoms with E-state index in [1.54, 1.807) is 6.20 Å². The molecule has 2 rings (SSSR count). The molecule has 0 aliphatic heterocycles. The summed E-state index contributed by atoms with van der Waals surface area (Å²) in [6, 6.07) is 10.0. The summed E-state index contributed by atoms with van der Waals surface area (Å²) >= 11 is 6.08. The standard InChI is InChI=1S/C12H14ClN3/c1-9(14)8-16-11(13)7-15-12(16)10-5-3-2-4-6-10/h2-7,9H,8,14H2,1H3. The van der Waals surface area contributed by atoms with Gasteiger partial charge in [-0.25, -0.2) is 4.98 Å². The highest BCUT2D eigenvalue weighted by atomic mass is 35.5. The molecule has 0 saturated heterocycles. The Labute approximate surface area is 99.9 Å². The van der Waals surface area contributed by atoms with E-state index in [2.05, 4.69) is 4.98 Å². The van der Waals surface area contributed by atoms with E-state index in [-0.39, 0.29) is 6.04 Å². The highest BCUT2D eigenvalue weighted by molar-refractivity contribution is 6.29. The van der Waals surface area contributed by atoms with Gasteiger partial charge in [0.25, 0.3) is 0 Å². The third-order valence-electron chi connectivity index (χ3n) is 2.31. The Hall–Kier alpha value is -1.32. The first kappa shape index (κ1) is 11.2. The van der Waals surface area contributed by atoms with Crippen molar-refractivity contribution in [1.82, 2.24) is 9.55 Å². The zero-order chi connectivity index (χ0) is 11.5. The van der Waals surface area contributed by atoms with Crippen LogP contribution in [0.5, 0.6) is 0 Å². The number of hydrogen-bond donors (Lipinski definition) is 1. The van der Waals surface area contributed by atoms with Crippen molar-refractivity contribution in [2.24, 2.45) is 5.73 Å². The number of halogens is 1. The minimum absolute atomic E-state index is 0.0502. The van der Waals surface area contributed by atoms with Crippen molar-refractivity contribution >= 4 is 11.6 Å². The fourth-order valence-electron chi connectivity index (χ4n) is 1.63. The van der Waals surface area contributed by atoms with E-state index in [1.165, 1.54) is 0 Å². The Morgan fingerprint density at radius 1 is 1.38 bits per heavy atom. The van der Waals surface area contributed by atoms with Crippen molar-refractivity contribution in [2.45, 2.75) is 19.5 Å². The van der Waals surface area contributed by atoms with Crippen LogP contribution in [-0.2, 0) is 6.54 Å². The number of imidazole rings is 1. The van der Waals surface area contributed by atoms with E-state index in [1.807, 2.05) is 41.8 Å². The average Bonchev–Trinajstić information content (AvgIpc) is 2.61. The van der Waals surface area contributed by atoms with Crippen molar-refractivity contribution in [3.8, 4) is 11.4 Å². The molecule has 1 aromatic heterocycles. The van der Waals surface area contributed by atoms with Crippen LogP contribution >= 0.6 is 11.6 Å². The zero-order valence-electron chi connectivity index (χ0n) is 9.10. The normalized spacial score (nSPS) is 12.7. The molecule has 16 heavy (non-hydrogen) atoms. The topological polar surface area (TPSA) is 43.8 Å². The van der Waals surface area contributed by atoms with Crippen molar-refractivity contribution in [2.75, 3.05) is 0 Å². The van der Waals surface area contributed by atoms with Gasteiger partial charge in [-0.15, -0.1) is 0 Å². The molecule has 84 valence electrons. The van der Waals surface area contributed by atoms with E-state index < -0.39 is 0 Å². The first-order valence-corrected chi connectivity index (χ1v) is 5.58. The fourth-order valence-corrected chi connectivity index (χ4v) is 1.83. The maximum Gasteiger partial charge on any atom is 0.141 e. The number of hydrogen-bond acceptors (Lipinski definition) is 2. The molecular weight excluding hydrogens is 222 g/mol. The summed E-state index contributed by atoms with van der Waals surface area (Å²) in [5.74, 6) is 0.864. The highest BCUT2D eigenvalue weighted by Crippen LogP contribution is 2.22. The minimum atomic E-state index is 0.0502. The summed E-state index contributed by atoms with van der Waals surface area (Å²) in [4.78, 5) is 4.31. The fraction of sp³-hybridized carbons (Fsp3) is 0.250. The van der Waals surface area contributed by atoms with E-state index in [9.17, 15) is 0 Å². The van der Waals surface area contributed by atoms with Gasteiger partial charge in [-0.1, -0.05) is 41.9 Å². The number of aromatic nitrogens is 2. The maximum absolute atomic E-state index is 6.08. The van der Waals surface area contributed by atoms with Gasteiger partial charge in [0.05, 0.1) is 6.20 Å². The second-order valence-corrected chi connectivity index (χ2v) is 4.25. The lowest BCUT2D eigenvalue weighted by molar-refractivity contribution is 0.595. The zero-order valence-corrected chi connectivity index (χ0v) is 9.85. The smallest absolute Gasteiger partial charge is 0.141 e. The van der Waals surface area contributed by atoms with Crippen LogP contribution in [0.2, 0.25) is 5.15 Å². The maximum atomic E-state index is 6.08. The van der Waals surface area contributed by atoms with Gasteiger partial charge in [0.1, 0.15) is 11.0 Å². The van der Waals surface area contributed by atoms with Gasteiger partial charge in [-0.2, -0.15) is 0 Å². The van der Waals surface area contributed by atoms with Crippen LogP contribution in [0.1, 0.15) is 6.92 Å². The van der Waals surface area contributed by atoms with Gasteiger partial charge in [0, 0.05) is 18.2 Å². The molecule has 0 fully saturated rings. The van der Waals surface area contributed by atoms with Crippen molar-refractivity contribution in [3.05, 3.63) is 41.7 Å². The molecule has 2 aromatic rings. The van der Waals surface area contributed by atoms with Gasteiger partial charge >= 0.3 is 0 Å². The Morgan fingerprint density at radius 2 is 2.06 bits per heavy atom. The predicted octanol–water partition coefficient (Wildman–Crippen LogP) is 2.55. The van der Waals surface area contributed by atoms with Gasteiger partial charge in [0.15, 0.2) is 0 Å². The molecule has 1 unspecified atom stereocenters. The van der Waals surface area contributed by atoms with Crippen LogP contribution in [0, 0.1) is 0 Å². The van der Waals surface area contributed by atoms with Crippen LogP contribution in [-0.4, -0.2) is 15.6 Å². The van der Waals surface area contributed by atoms with Crippen LogP contribution in [0.3, 0.4) is 0 Å². The summed E-state index contributed by atoms with van der Waals surface area (Å²) in [6.07, 6.45) is 1.66. The summed E-state index contributed by atoms with van der Waals surface area (Å²) in [7, 11) is 0. The lowest BCUT2D eigenvalue weighted by atomic mass is 10.2. The van der Waals surface area contributed by atoms with Gasteiger partial charge in [-0.3, -0.25) is 0 Å². The van der Waals surface area contributed by atoms with Crippen LogP contribution in [0.25, 0.3) is 11.4 Å². The average molecular weight is 236 g/mol.